The highest BCUT2D eigenvalue weighted by atomic mass is 16.5. The van der Waals surface area contributed by atoms with E-state index in [1.54, 1.807) is 6.08 Å². The molecule has 0 bridgehead atoms. The molecule has 7 nitrogen and oxygen atoms in total. The van der Waals surface area contributed by atoms with Crippen LogP contribution in [-0.2, 0) is 16.2 Å². The van der Waals surface area contributed by atoms with Crippen molar-refractivity contribution in [2.24, 2.45) is 0 Å². The molecule has 3 aliphatic rings. The van der Waals surface area contributed by atoms with Crippen LogP contribution in [0.2, 0.25) is 0 Å². The van der Waals surface area contributed by atoms with Crippen LogP contribution in [0.25, 0.3) is 16.8 Å². The second-order valence-corrected chi connectivity index (χ2v) is 14.4. The molecule has 7 heteroatoms. The lowest BCUT2D eigenvalue weighted by atomic mass is 9.76. The van der Waals surface area contributed by atoms with Gasteiger partial charge >= 0.3 is 6.03 Å². The maximum absolute atomic E-state index is 14.7. The third-order valence-electron chi connectivity index (χ3n) is 11.1. The van der Waals surface area contributed by atoms with Crippen LogP contribution in [0.15, 0.2) is 139 Å². The highest BCUT2D eigenvalue weighted by Crippen LogP contribution is 2.50. The van der Waals surface area contributed by atoms with E-state index in [0.717, 1.165) is 63.9 Å². The fourth-order valence-electron chi connectivity index (χ4n) is 8.40. The second-order valence-electron chi connectivity index (χ2n) is 14.4. The standard InChI is InChI=1S/C47H39N3O4/c1-30-16-18-31(19-17-30)29-54-43-21-20-34-14-8-9-15-36(34)39(43)28-42-45(51)48-47(53)50(46(42)52)35-26-40-37(32-10-4-2-5-11-32)22-24-49-25-23-38(41(27-35)44(40)49)33-12-6-3-7-13-33/h2-21,26-28,37-38H,22-25,29H2,1H3,(H,48,51,53)/b42-28+/t37-,38+. The Morgan fingerprint density at radius 1 is 0.722 bits per heavy atom. The predicted molar refractivity (Wildman–Crippen MR) is 213 cm³/mol. The first-order valence-corrected chi connectivity index (χ1v) is 18.6. The van der Waals surface area contributed by atoms with Gasteiger partial charge in [-0.3, -0.25) is 14.9 Å². The normalized spacial score (nSPS) is 18.8. The van der Waals surface area contributed by atoms with E-state index in [9.17, 15) is 14.4 Å². The topological polar surface area (TPSA) is 79.0 Å². The van der Waals surface area contributed by atoms with Crippen LogP contribution in [0.5, 0.6) is 5.75 Å². The Morgan fingerprint density at radius 2 is 1.33 bits per heavy atom. The molecule has 0 aromatic heterocycles. The van der Waals surface area contributed by atoms with Crippen molar-refractivity contribution in [2.75, 3.05) is 22.9 Å². The van der Waals surface area contributed by atoms with Gasteiger partial charge in [0.15, 0.2) is 0 Å². The van der Waals surface area contributed by atoms with Gasteiger partial charge in [0.1, 0.15) is 17.9 Å². The first kappa shape index (κ1) is 33.4. The number of hydrogen-bond acceptors (Lipinski definition) is 5. The number of ether oxygens (including phenoxy) is 1. The Kier molecular flexibility index (Phi) is 8.54. The molecule has 54 heavy (non-hydrogen) atoms. The molecular weight excluding hydrogens is 671 g/mol. The first-order valence-electron chi connectivity index (χ1n) is 18.6. The van der Waals surface area contributed by atoms with Gasteiger partial charge in [-0.15, -0.1) is 0 Å². The Hall–Kier alpha value is -6.47. The number of urea groups is 1. The Morgan fingerprint density at radius 3 is 1.98 bits per heavy atom. The number of carbonyl (C=O) groups is 3. The minimum atomic E-state index is -0.765. The van der Waals surface area contributed by atoms with E-state index in [1.165, 1.54) is 16.8 Å². The molecule has 4 amide bonds. The van der Waals surface area contributed by atoms with E-state index >= 15 is 0 Å². The van der Waals surface area contributed by atoms with Crippen LogP contribution in [0.3, 0.4) is 0 Å². The molecule has 266 valence electrons. The minimum absolute atomic E-state index is 0.0780. The van der Waals surface area contributed by atoms with Crippen molar-refractivity contribution in [2.45, 2.75) is 38.2 Å². The molecule has 6 aromatic carbocycles. The molecular formula is C47H39N3O4. The van der Waals surface area contributed by atoms with Gasteiger partial charge in [-0.2, -0.15) is 0 Å². The molecule has 0 radical (unpaired) electrons. The van der Waals surface area contributed by atoms with Gasteiger partial charge in [-0.1, -0.05) is 121 Å². The number of carbonyl (C=O) groups excluding carboxylic acids is 3. The van der Waals surface area contributed by atoms with Crippen molar-refractivity contribution < 1.29 is 19.1 Å². The molecule has 0 saturated carbocycles. The average Bonchev–Trinajstić information content (AvgIpc) is 3.20. The van der Waals surface area contributed by atoms with Crippen molar-refractivity contribution >= 4 is 46.1 Å². The number of amides is 4. The van der Waals surface area contributed by atoms with Crippen molar-refractivity contribution in [3.63, 3.8) is 0 Å². The van der Waals surface area contributed by atoms with Gasteiger partial charge < -0.3 is 9.64 Å². The van der Waals surface area contributed by atoms with Gasteiger partial charge in [-0.25, -0.2) is 9.69 Å². The first-order chi connectivity index (χ1) is 26.4. The number of anilines is 2. The molecule has 1 saturated heterocycles. The third kappa shape index (κ3) is 6.01. The lowest BCUT2D eigenvalue weighted by molar-refractivity contribution is -0.122. The molecule has 3 aliphatic heterocycles. The molecule has 0 spiro atoms. The molecule has 3 heterocycles. The Bertz CT molecular complexity index is 2380. The summed E-state index contributed by atoms with van der Waals surface area (Å²) in [5.74, 6) is -0.735. The van der Waals surface area contributed by atoms with Gasteiger partial charge in [0, 0.05) is 36.2 Å². The van der Waals surface area contributed by atoms with Crippen LogP contribution in [0, 0.1) is 6.92 Å². The van der Waals surface area contributed by atoms with Crippen LogP contribution >= 0.6 is 0 Å². The van der Waals surface area contributed by atoms with Crippen LogP contribution in [-0.4, -0.2) is 30.9 Å². The van der Waals surface area contributed by atoms with Crippen molar-refractivity contribution in [1.82, 2.24) is 5.32 Å². The minimum Gasteiger partial charge on any atom is -0.488 e. The predicted octanol–water partition coefficient (Wildman–Crippen LogP) is 9.27. The smallest absolute Gasteiger partial charge is 0.335 e. The summed E-state index contributed by atoms with van der Waals surface area (Å²) >= 11 is 0. The monoisotopic (exact) mass is 709 g/mol. The van der Waals surface area contributed by atoms with Gasteiger partial charge in [0.05, 0.1) is 5.69 Å². The third-order valence-corrected chi connectivity index (χ3v) is 11.1. The fourth-order valence-corrected chi connectivity index (χ4v) is 8.40. The number of barbiturate groups is 1. The molecule has 1 fully saturated rings. The van der Waals surface area contributed by atoms with Crippen LogP contribution in [0.4, 0.5) is 16.2 Å². The average molecular weight is 710 g/mol. The molecule has 6 aromatic rings. The maximum Gasteiger partial charge on any atom is 0.335 e. The second kappa shape index (κ2) is 13.8. The highest BCUT2D eigenvalue weighted by molar-refractivity contribution is 6.39. The number of hydrogen-bond donors (Lipinski definition) is 1. The number of fused-ring (bicyclic) bond motifs is 1. The lowest BCUT2D eigenvalue weighted by Crippen LogP contribution is -2.54. The molecule has 2 atom stereocenters. The van der Waals surface area contributed by atoms with Crippen molar-refractivity contribution in [1.29, 1.82) is 0 Å². The number of nitrogens with zero attached hydrogens (tertiary/aromatic N) is 2. The maximum atomic E-state index is 14.7. The summed E-state index contributed by atoms with van der Waals surface area (Å²) in [6, 6.07) is 43.8. The van der Waals surface area contributed by atoms with Gasteiger partial charge in [0.2, 0.25) is 0 Å². The number of rotatable bonds is 7. The van der Waals surface area contributed by atoms with Crippen molar-refractivity contribution in [3.8, 4) is 5.75 Å². The van der Waals surface area contributed by atoms with E-state index in [-0.39, 0.29) is 17.4 Å². The zero-order chi connectivity index (χ0) is 36.8. The number of imide groups is 2. The van der Waals surface area contributed by atoms with E-state index in [2.05, 4.69) is 58.7 Å². The number of aryl methyl sites for hydroxylation is 1. The number of nitrogens with one attached hydrogen (secondary N) is 1. The highest BCUT2D eigenvalue weighted by Gasteiger charge is 2.41. The summed E-state index contributed by atoms with van der Waals surface area (Å²) in [6.07, 6.45) is 3.39. The summed E-state index contributed by atoms with van der Waals surface area (Å²) in [5, 5.41) is 4.25. The van der Waals surface area contributed by atoms with Crippen molar-refractivity contribution in [3.05, 3.63) is 178 Å². The summed E-state index contributed by atoms with van der Waals surface area (Å²) in [6.45, 7) is 4.19. The lowest BCUT2D eigenvalue weighted by Gasteiger charge is -2.44. The number of benzene rings is 6. The van der Waals surface area contributed by atoms with E-state index < -0.39 is 17.8 Å². The molecule has 9 rings (SSSR count). The summed E-state index contributed by atoms with van der Waals surface area (Å²) in [4.78, 5) is 45.8. The van der Waals surface area contributed by atoms with Gasteiger partial charge in [0.25, 0.3) is 11.8 Å². The molecule has 0 aliphatic carbocycles. The molecule has 1 N–H and O–H groups in total. The van der Waals surface area contributed by atoms with Crippen LogP contribution < -0.4 is 19.9 Å². The summed E-state index contributed by atoms with van der Waals surface area (Å²) < 4.78 is 6.36. The van der Waals surface area contributed by atoms with E-state index in [1.807, 2.05) is 91.9 Å². The van der Waals surface area contributed by atoms with Crippen LogP contribution in [0.1, 0.15) is 63.6 Å². The SMILES string of the molecule is Cc1ccc(COc2ccc3ccccc3c2/C=C2\C(=O)NC(=O)N(c3cc4c5c(c3)[C@H](c3ccccc3)CCN5CC[C@@H]4c3ccccc3)C2=O)cc1. The Labute approximate surface area is 314 Å². The van der Waals surface area contributed by atoms with E-state index in [0.29, 0.717) is 23.6 Å². The van der Waals surface area contributed by atoms with E-state index in [4.69, 9.17) is 4.74 Å². The fraction of sp³-hybridized carbons (Fsp3) is 0.170. The van der Waals surface area contributed by atoms with Gasteiger partial charge in [-0.05, 0) is 82.6 Å². The Balaban J connectivity index is 1.17. The zero-order valence-electron chi connectivity index (χ0n) is 30.0. The summed E-state index contributed by atoms with van der Waals surface area (Å²) in [5.41, 5.74) is 8.79. The summed E-state index contributed by atoms with van der Waals surface area (Å²) in [7, 11) is 0. The zero-order valence-corrected chi connectivity index (χ0v) is 30.0. The molecule has 0 unspecified atom stereocenters. The quantitative estimate of drug-likeness (QED) is 0.132. The largest absolute Gasteiger partial charge is 0.488 e.